The number of hydrogen-bond acceptors (Lipinski definition) is 12. The highest BCUT2D eigenvalue weighted by atomic mass is 16.6. The number of ketones is 3. The van der Waals surface area contributed by atoms with E-state index in [-0.39, 0.29) is 54.6 Å². The number of fused-ring (bicyclic) bond motifs is 3. The number of aliphatic hydroxyl groups excluding tert-OH is 3. The van der Waals surface area contributed by atoms with Crippen LogP contribution in [0, 0.1) is 35.5 Å². The normalized spacial score (nSPS) is 39.2. The molecular weight excluding hydrogens is 795 g/mol. The summed E-state index contributed by atoms with van der Waals surface area (Å²) < 4.78 is 18.1. The van der Waals surface area contributed by atoms with Crippen LogP contribution >= 0.6 is 0 Å². The number of esters is 1. The maximum Gasteiger partial charge on any atom is 0.329 e. The van der Waals surface area contributed by atoms with Crippen LogP contribution in [-0.2, 0) is 38.2 Å². The lowest BCUT2D eigenvalue weighted by Gasteiger charge is -2.42. The number of carbonyl (C=O) groups excluding carboxylic acids is 5. The Morgan fingerprint density at radius 1 is 0.855 bits per heavy atom. The van der Waals surface area contributed by atoms with Crippen LogP contribution in [-0.4, -0.2) is 117 Å². The molecule has 4 N–H and O–H groups in total. The van der Waals surface area contributed by atoms with Crippen LogP contribution in [0.3, 0.4) is 0 Å². The van der Waals surface area contributed by atoms with E-state index in [1.54, 1.807) is 34.8 Å². The van der Waals surface area contributed by atoms with Crippen molar-refractivity contribution in [2.75, 3.05) is 13.7 Å². The van der Waals surface area contributed by atoms with E-state index in [0.29, 0.717) is 57.8 Å². The molecule has 0 radical (unpaired) electrons. The van der Waals surface area contributed by atoms with Gasteiger partial charge in [-0.2, -0.15) is 0 Å². The van der Waals surface area contributed by atoms with Crippen LogP contribution in [0.1, 0.15) is 132 Å². The molecule has 2 bridgehead atoms. The molecule has 1 unspecified atom stereocenters. The molecule has 2 saturated heterocycles. The molecular formula is C49H75NO12. The van der Waals surface area contributed by atoms with Gasteiger partial charge in [-0.05, 0) is 113 Å². The molecule has 1 aliphatic carbocycles. The number of aliphatic hydroxyl groups is 4. The Morgan fingerprint density at radius 2 is 1.55 bits per heavy atom. The lowest BCUT2D eigenvalue weighted by molar-refractivity contribution is -0.265. The Bertz CT molecular complexity index is 1680. The maximum absolute atomic E-state index is 14.2. The van der Waals surface area contributed by atoms with Gasteiger partial charge in [0.15, 0.2) is 5.78 Å². The molecule has 13 heteroatoms. The first-order valence-corrected chi connectivity index (χ1v) is 23.1. The molecule has 1 amide bonds. The molecule has 0 spiro atoms. The van der Waals surface area contributed by atoms with Gasteiger partial charge in [-0.25, -0.2) is 4.79 Å². The van der Waals surface area contributed by atoms with Crippen LogP contribution in [0.4, 0.5) is 0 Å². The summed E-state index contributed by atoms with van der Waals surface area (Å²) in [7, 11) is 1.57. The van der Waals surface area contributed by atoms with E-state index in [2.05, 4.69) is 0 Å². The summed E-state index contributed by atoms with van der Waals surface area (Å²) in [5.74, 6) is -8.23. The monoisotopic (exact) mass is 870 g/mol. The van der Waals surface area contributed by atoms with Crippen molar-refractivity contribution in [2.24, 2.45) is 35.5 Å². The number of allylic oxidation sites excluding steroid dienone is 6. The summed E-state index contributed by atoms with van der Waals surface area (Å²) in [4.78, 5) is 70.9. The summed E-state index contributed by atoms with van der Waals surface area (Å²) in [6.45, 7) is 12.5. The molecule has 12 atom stereocenters. The quantitative estimate of drug-likeness (QED) is 0.149. The van der Waals surface area contributed by atoms with Gasteiger partial charge in [0.2, 0.25) is 5.79 Å². The van der Waals surface area contributed by atoms with E-state index in [0.717, 1.165) is 18.4 Å². The van der Waals surface area contributed by atoms with Crippen LogP contribution in [0.25, 0.3) is 0 Å². The number of amides is 1. The van der Waals surface area contributed by atoms with E-state index in [4.69, 9.17) is 14.2 Å². The van der Waals surface area contributed by atoms with Crippen molar-refractivity contribution < 1.29 is 58.6 Å². The molecule has 4 rings (SSSR count). The molecule has 0 aromatic carbocycles. The molecule has 13 nitrogen and oxygen atoms in total. The van der Waals surface area contributed by atoms with Gasteiger partial charge in [-0.1, -0.05) is 71.1 Å². The summed E-state index contributed by atoms with van der Waals surface area (Å²) in [5, 5.41) is 44.1. The standard InChI is InChI=1S/C49H75NO12/c1-29-14-10-9-11-15-30(2)41(60-8)27-38-22-17-35(7)49(59,62-38)46(56)47(57)50-23-13-12-16-39(50)48(58)61-42(32(4)26-36-18-20-37(51)21-19-36)28-40(52)31(3)25-34(6)44(54)45(55)43(53)33(5)24-29/h9-11,14-15,25,29,31-33,35-39,41-42,44-45,51,54-55,59H,12-13,16-24,26-28H2,1-8H3/b11-9?,14-10+,30-15?,34-25+/t29-,31+,32+,33+,35-,36?,37?,38?,39+,41+,42+,44+,45-,49-/m1/s1. The number of rotatable bonds is 4. The number of ether oxygens (including phenoxy) is 3. The fraction of sp³-hybridized carbons (Fsp3) is 0.735. The van der Waals surface area contributed by atoms with E-state index in [9.17, 15) is 44.4 Å². The number of piperidine rings is 1. The van der Waals surface area contributed by atoms with E-state index in [1.165, 1.54) is 11.0 Å². The van der Waals surface area contributed by atoms with E-state index >= 15 is 0 Å². The number of nitrogens with zero attached hydrogens (tertiary/aromatic N) is 1. The first-order chi connectivity index (χ1) is 29.3. The van der Waals surface area contributed by atoms with Crippen LogP contribution < -0.4 is 0 Å². The zero-order valence-corrected chi connectivity index (χ0v) is 38.4. The predicted molar refractivity (Wildman–Crippen MR) is 234 cm³/mol. The number of cyclic esters (lactones) is 1. The minimum Gasteiger partial charge on any atom is -0.460 e. The molecule has 3 aliphatic heterocycles. The van der Waals surface area contributed by atoms with Crippen molar-refractivity contribution in [2.45, 2.75) is 180 Å². The minimum absolute atomic E-state index is 0.0286. The van der Waals surface area contributed by atoms with Gasteiger partial charge in [-0.3, -0.25) is 19.2 Å². The highest BCUT2D eigenvalue weighted by Crippen LogP contribution is 2.37. The SMILES string of the molecule is CO[C@H]1CC2CC[C@@H](C)[C@@](O)(O2)C(=O)C(=O)N2CCCC[C@H]2C(=O)O[C@H]([C@@H](C)CC2CCC(O)CC2)CC(=O)[C@@H](C)/C=C(\C)[C@H](O)[C@H](O)C(=O)[C@@H](C)C[C@H](C)/C=C/C=CC=C1C. The van der Waals surface area contributed by atoms with Crippen molar-refractivity contribution in [3.63, 3.8) is 0 Å². The highest BCUT2D eigenvalue weighted by molar-refractivity contribution is 6.39. The van der Waals surface area contributed by atoms with Gasteiger partial charge in [-0.15, -0.1) is 0 Å². The molecule has 62 heavy (non-hydrogen) atoms. The lowest BCUT2D eigenvalue weighted by Crippen LogP contribution is -2.61. The van der Waals surface area contributed by atoms with Gasteiger partial charge < -0.3 is 39.5 Å². The van der Waals surface area contributed by atoms with Crippen molar-refractivity contribution in [3.05, 3.63) is 47.6 Å². The van der Waals surface area contributed by atoms with Gasteiger partial charge >= 0.3 is 5.97 Å². The van der Waals surface area contributed by atoms with Crippen LogP contribution in [0.5, 0.6) is 0 Å². The maximum atomic E-state index is 14.2. The lowest BCUT2D eigenvalue weighted by atomic mass is 9.79. The summed E-state index contributed by atoms with van der Waals surface area (Å²) in [5.41, 5.74) is 1.13. The zero-order valence-electron chi connectivity index (χ0n) is 38.4. The topological polar surface area (TPSA) is 197 Å². The molecule has 0 aromatic rings. The fourth-order valence-electron chi connectivity index (χ4n) is 9.61. The third-order valence-corrected chi connectivity index (χ3v) is 13.9. The third kappa shape index (κ3) is 13.6. The number of methoxy groups -OCH3 is 1. The largest absolute Gasteiger partial charge is 0.460 e. The van der Waals surface area contributed by atoms with Crippen LogP contribution in [0.15, 0.2) is 47.6 Å². The highest BCUT2D eigenvalue weighted by Gasteiger charge is 2.53. The van der Waals surface area contributed by atoms with Crippen molar-refractivity contribution >= 4 is 29.2 Å². The summed E-state index contributed by atoms with van der Waals surface area (Å²) in [6.07, 6.45) is 11.8. The zero-order chi connectivity index (χ0) is 45.9. The van der Waals surface area contributed by atoms with Crippen molar-refractivity contribution in [1.82, 2.24) is 4.90 Å². The Morgan fingerprint density at radius 3 is 2.23 bits per heavy atom. The van der Waals surface area contributed by atoms with Gasteiger partial charge in [0.05, 0.1) is 18.3 Å². The molecule has 3 heterocycles. The molecule has 1 saturated carbocycles. The third-order valence-electron chi connectivity index (χ3n) is 13.9. The minimum atomic E-state index is -2.42. The second-order valence-corrected chi connectivity index (χ2v) is 19.0. The number of carbonyl (C=O) groups is 5. The van der Waals surface area contributed by atoms with Crippen LogP contribution in [0.2, 0.25) is 0 Å². The van der Waals surface area contributed by atoms with Gasteiger partial charge in [0.1, 0.15) is 30.1 Å². The first kappa shape index (κ1) is 51.3. The average Bonchev–Trinajstić information content (AvgIpc) is 3.25. The molecule has 348 valence electrons. The Balaban J connectivity index is 1.68. The Kier molecular flexibility index (Phi) is 19.5. The average molecular weight is 870 g/mol. The smallest absolute Gasteiger partial charge is 0.329 e. The fourth-order valence-corrected chi connectivity index (χ4v) is 9.61. The van der Waals surface area contributed by atoms with E-state index < -0.39 is 83.5 Å². The first-order valence-electron chi connectivity index (χ1n) is 23.1. The van der Waals surface area contributed by atoms with Gasteiger partial charge in [0.25, 0.3) is 11.7 Å². The van der Waals surface area contributed by atoms with Crippen molar-refractivity contribution in [3.8, 4) is 0 Å². The Hall–Kier alpha value is -3.33. The summed E-state index contributed by atoms with van der Waals surface area (Å²) >= 11 is 0. The van der Waals surface area contributed by atoms with E-state index in [1.807, 2.05) is 51.2 Å². The van der Waals surface area contributed by atoms with Gasteiger partial charge in [0, 0.05) is 44.2 Å². The number of Topliss-reactive ketones (excluding diaryl/α,β-unsaturated/α-hetero) is 3. The van der Waals surface area contributed by atoms with Crippen molar-refractivity contribution in [1.29, 1.82) is 0 Å². The number of hydrogen-bond donors (Lipinski definition) is 4. The second kappa shape index (κ2) is 23.6. The summed E-state index contributed by atoms with van der Waals surface area (Å²) in [6, 6.07) is -1.13. The molecule has 3 fully saturated rings. The predicted octanol–water partition coefficient (Wildman–Crippen LogP) is 5.90. The Labute approximate surface area is 369 Å². The molecule has 0 aromatic heterocycles. The molecule has 4 aliphatic rings. The second-order valence-electron chi connectivity index (χ2n) is 19.0.